The van der Waals surface area contributed by atoms with E-state index >= 15 is 0 Å². The van der Waals surface area contributed by atoms with Crippen LogP contribution < -0.4 is 4.90 Å². The predicted octanol–water partition coefficient (Wildman–Crippen LogP) is 2.97. The van der Waals surface area contributed by atoms with Crippen molar-refractivity contribution in [3.05, 3.63) is 34.1 Å². The van der Waals surface area contributed by atoms with Gasteiger partial charge in [0.2, 0.25) is 5.95 Å². The maximum absolute atomic E-state index is 12.0. The summed E-state index contributed by atoms with van der Waals surface area (Å²) in [5.74, 6) is -1.04. The first-order valence-electron chi connectivity index (χ1n) is 8.61. The van der Waals surface area contributed by atoms with E-state index in [1.807, 2.05) is 6.07 Å². The number of anilines is 1. The number of nitrogens with one attached hydrogen (secondary N) is 1. The molecular weight excluding hydrogens is 346 g/mol. The molecule has 134 valence electrons. The lowest BCUT2D eigenvalue weighted by Gasteiger charge is -2.37. The molecule has 0 unspecified atom stereocenters. The molecule has 0 aliphatic carbocycles. The van der Waals surface area contributed by atoms with Crippen molar-refractivity contribution in [3.8, 4) is 12.1 Å². The molecule has 0 saturated carbocycles. The summed E-state index contributed by atoms with van der Waals surface area (Å²) in [6, 6.07) is 5.40. The Morgan fingerprint density at radius 3 is 2.67 bits per heavy atom. The molecule has 2 aliphatic heterocycles. The quantitative estimate of drug-likeness (QED) is 0.805. The molecule has 0 spiro atoms. The van der Waals surface area contributed by atoms with E-state index in [0.717, 1.165) is 49.2 Å². The number of nitrogens with zero attached hydrogens (tertiary/aromatic N) is 6. The number of imidazole rings is 1. The first-order chi connectivity index (χ1) is 13.1. The number of H-pyrrole nitrogens is 1. The largest absolute Gasteiger partial charge is 0.478 e. The lowest BCUT2D eigenvalue weighted by molar-refractivity contribution is 0.0696. The van der Waals surface area contributed by atoms with Crippen LogP contribution in [0.2, 0.25) is 0 Å². The highest BCUT2D eigenvalue weighted by Crippen LogP contribution is 2.41. The lowest BCUT2D eigenvalue weighted by Crippen LogP contribution is -2.35. The zero-order valence-corrected chi connectivity index (χ0v) is 14.4. The van der Waals surface area contributed by atoms with Gasteiger partial charge in [-0.3, -0.25) is 0 Å². The Balaban J connectivity index is 1.81. The molecule has 9 heteroatoms. The number of hydrogen-bond donors (Lipinski definition) is 2. The number of carboxylic acids is 1. The SMILES string of the molecule is N#Cc1nc(N=Nc2cc3c4c(c2C(=O)O)CCCN4CCC3)[nH]c1C#N. The first kappa shape index (κ1) is 16.7. The second-order valence-corrected chi connectivity index (χ2v) is 6.46. The third-order valence-corrected chi connectivity index (χ3v) is 4.88. The Labute approximate surface area is 154 Å². The van der Waals surface area contributed by atoms with Crippen LogP contribution in [-0.4, -0.2) is 34.1 Å². The van der Waals surface area contributed by atoms with Crippen molar-refractivity contribution >= 4 is 23.3 Å². The number of nitriles is 2. The molecule has 4 rings (SSSR count). The molecule has 1 aromatic heterocycles. The van der Waals surface area contributed by atoms with Gasteiger partial charge in [-0.25, -0.2) is 4.79 Å². The molecular formula is C18H15N7O2. The normalized spacial score (nSPS) is 15.3. The number of rotatable bonds is 3. The van der Waals surface area contributed by atoms with Gasteiger partial charge in [-0.05, 0) is 42.9 Å². The third kappa shape index (κ3) is 2.79. The highest BCUT2D eigenvalue weighted by atomic mass is 16.4. The average Bonchev–Trinajstić information content (AvgIpc) is 3.09. The van der Waals surface area contributed by atoms with Crippen molar-refractivity contribution in [2.45, 2.75) is 25.7 Å². The Morgan fingerprint density at radius 2 is 2.00 bits per heavy atom. The monoisotopic (exact) mass is 361 g/mol. The first-order valence-corrected chi connectivity index (χ1v) is 8.61. The van der Waals surface area contributed by atoms with Crippen LogP contribution in [0.4, 0.5) is 17.3 Å². The zero-order chi connectivity index (χ0) is 19.0. The van der Waals surface area contributed by atoms with E-state index in [4.69, 9.17) is 10.5 Å². The molecule has 9 nitrogen and oxygen atoms in total. The van der Waals surface area contributed by atoms with E-state index in [9.17, 15) is 9.90 Å². The Hall–Kier alpha value is -3.72. The highest BCUT2D eigenvalue weighted by molar-refractivity contribution is 5.98. The van der Waals surface area contributed by atoms with Gasteiger partial charge in [0, 0.05) is 18.8 Å². The van der Waals surface area contributed by atoms with Gasteiger partial charge in [0.25, 0.3) is 0 Å². The van der Waals surface area contributed by atoms with E-state index in [-0.39, 0.29) is 28.6 Å². The van der Waals surface area contributed by atoms with Gasteiger partial charge < -0.3 is 15.0 Å². The standard InChI is InChI=1S/C18H15N7O2/c19-8-13-14(9-20)22-18(21-13)24-23-12-7-10-3-1-5-25-6-2-4-11(16(10)25)15(12)17(26)27/h7H,1-6H2,(H,21,22)(H,26,27). The number of aryl methyl sites for hydroxylation is 1. The van der Waals surface area contributed by atoms with E-state index in [1.54, 1.807) is 12.1 Å². The number of benzene rings is 1. The van der Waals surface area contributed by atoms with Crippen molar-refractivity contribution in [1.82, 2.24) is 9.97 Å². The van der Waals surface area contributed by atoms with E-state index < -0.39 is 5.97 Å². The molecule has 2 aliphatic rings. The summed E-state index contributed by atoms with van der Waals surface area (Å²) < 4.78 is 0. The van der Waals surface area contributed by atoms with Crippen molar-refractivity contribution in [1.29, 1.82) is 10.5 Å². The Kier molecular flexibility index (Phi) is 4.05. The van der Waals surface area contributed by atoms with Gasteiger partial charge in [0.15, 0.2) is 11.4 Å². The Bertz CT molecular complexity index is 1020. The van der Waals surface area contributed by atoms with Crippen molar-refractivity contribution < 1.29 is 9.90 Å². The molecule has 0 fully saturated rings. The number of hydrogen-bond acceptors (Lipinski definition) is 7. The van der Waals surface area contributed by atoms with Crippen LogP contribution in [0.25, 0.3) is 0 Å². The summed E-state index contributed by atoms with van der Waals surface area (Å²) in [5, 5.41) is 35.7. The summed E-state index contributed by atoms with van der Waals surface area (Å²) >= 11 is 0. The molecule has 1 aromatic carbocycles. The topological polar surface area (TPSA) is 142 Å². The number of aromatic carboxylic acids is 1. The number of azo groups is 1. The van der Waals surface area contributed by atoms with Crippen LogP contribution in [0.1, 0.15) is 45.7 Å². The zero-order valence-electron chi connectivity index (χ0n) is 14.4. The molecule has 2 aromatic rings. The molecule has 0 atom stereocenters. The number of aromatic nitrogens is 2. The summed E-state index contributed by atoms with van der Waals surface area (Å²) in [6.45, 7) is 1.89. The van der Waals surface area contributed by atoms with Crippen LogP contribution >= 0.6 is 0 Å². The maximum Gasteiger partial charge on any atom is 0.338 e. The second-order valence-electron chi connectivity index (χ2n) is 6.46. The molecule has 0 amide bonds. The van der Waals surface area contributed by atoms with Crippen LogP contribution in [0.15, 0.2) is 16.3 Å². The van der Waals surface area contributed by atoms with E-state index in [1.165, 1.54) is 0 Å². The minimum absolute atomic E-state index is 0.00100. The number of carbonyl (C=O) groups is 1. The van der Waals surface area contributed by atoms with Gasteiger partial charge in [-0.1, -0.05) is 0 Å². The summed E-state index contributed by atoms with van der Waals surface area (Å²) in [7, 11) is 0. The molecule has 2 N–H and O–H groups in total. The summed E-state index contributed by atoms with van der Waals surface area (Å²) in [6.07, 6.45) is 3.49. The number of carboxylic acid groups (broad SMARTS) is 1. The average molecular weight is 361 g/mol. The van der Waals surface area contributed by atoms with Crippen LogP contribution in [-0.2, 0) is 12.8 Å². The van der Waals surface area contributed by atoms with Crippen LogP contribution in [0.3, 0.4) is 0 Å². The van der Waals surface area contributed by atoms with E-state index in [2.05, 4.69) is 25.1 Å². The minimum atomic E-state index is -1.04. The highest BCUT2D eigenvalue weighted by Gasteiger charge is 2.30. The maximum atomic E-state index is 12.0. The summed E-state index contributed by atoms with van der Waals surface area (Å²) in [5.41, 5.74) is 3.31. The van der Waals surface area contributed by atoms with Gasteiger partial charge in [0.1, 0.15) is 17.8 Å². The lowest BCUT2D eigenvalue weighted by atomic mass is 9.87. The predicted molar refractivity (Wildman–Crippen MR) is 94.5 cm³/mol. The summed E-state index contributed by atoms with van der Waals surface area (Å²) in [4.78, 5) is 20.7. The van der Waals surface area contributed by atoms with E-state index in [0.29, 0.717) is 6.42 Å². The molecule has 3 heterocycles. The fourth-order valence-electron chi connectivity index (χ4n) is 3.83. The Morgan fingerprint density at radius 1 is 1.22 bits per heavy atom. The van der Waals surface area contributed by atoms with Crippen LogP contribution in [0, 0.1) is 22.7 Å². The minimum Gasteiger partial charge on any atom is -0.478 e. The van der Waals surface area contributed by atoms with Gasteiger partial charge in [-0.2, -0.15) is 15.5 Å². The van der Waals surface area contributed by atoms with Crippen LogP contribution in [0.5, 0.6) is 0 Å². The molecule has 0 bridgehead atoms. The van der Waals surface area contributed by atoms with Crippen molar-refractivity contribution in [2.75, 3.05) is 18.0 Å². The third-order valence-electron chi connectivity index (χ3n) is 4.88. The molecule has 27 heavy (non-hydrogen) atoms. The van der Waals surface area contributed by atoms with Gasteiger partial charge >= 0.3 is 5.97 Å². The fraction of sp³-hybridized carbons (Fsp3) is 0.333. The van der Waals surface area contributed by atoms with Gasteiger partial charge in [-0.15, -0.1) is 10.2 Å². The molecule has 0 radical (unpaired) electrons. The second kappa shape index (κ2) is 6.54. The van der Waals surface area contributed by atoms with Crippen molar-refractivity contribution in [2.24, 2.45) is 10.2 Å². The van der Waals surface area contributed by atoms with Crippen molar-refractivity contribution in [3.63, 3.8) is 0 Å². The fourth-order valence-corrected chi connectivity index (χ4v) is 3.83. The number of aromatic amines is 1. The van der Waals surface area contributed by atoms with Gasteiger partial charge in [0.05, 0.1) is 5.56 Å². The molecule has 0 saturated heterocycles. The smallest absolute Gasteiger partial charge is 0.338 e.